The summed E-state index contributed by atoms with van der Waals surface area (Å²) in [6, 6.07) is 9.67. The lowest BCUT2D eigenvalue weighted by atomic mass is 9.82. The highest BCUT2D eigenvalue weighted by atomic mass is 16.5. The fraction of sp³-hybridized carbons (Fsp3) is 0.524. The molecule has 0 N–H and O–H groups in total. The minimum absolute atomic E-state index is 0.0248. The van der Waals surface area contributed by atoms with Crippen LogP contribution in [0, 0.1) is 17.3 Å². The Morgan fingerprint density at radius 2 is 2.27 bits per heavy atom. The van der Waals surface area contributed by atoms with Crippen LogP contribution in [-0.2, 0) is 9.47 Å². The van der Waals surface area contributed by atoms with E-state index in [1.54, 1.807) is 6.20 Å². The van der Waals surface area contributed by atoms with E-state index in [-0.39, 0.29) is 11.3 Å². The van der Waals surface area contributed by atoms with Crippen molar-refractivity contribution < 1.29 is 14.3 Å². The minimum atomic E-state index is -0.0248. The predicted octanol–water partition coefficient (Wildman–Crippen LogP) is 2.75. The van der Waals surface area contributed by atoms with E-state index in [4.69, 9.17) is 9.47 Å². The summed E-state index contributed by atoms with van der Waals surface area (Å²) in [5.41, 5.74) is 1.63. The van der Waals surface area contributed by atoms with Gasteiger partial charge in [-0.1, -0.05) is 6.07 Å². The average molecular weight is 352 g/mol. The Morgan fingerprint density at radius 1 is 1.35 bits per heavy atom. The molecule has 0 unspecified atom stereocenters. The van der Waals surface area contributed by atoms with Gasteiger partial charge >= 0.3 is 0 Å². The van der Waals surface area contributed by atoms with Crippen LogP contribution in [0.3, 0.4) is 0 Å². The highest BCUT2D eigenvalue weighted by Crippen LogP contribution is 2.42. The Labute approximate surface area is 153 Å². The van der Waals surface area contributed by atoms with Crippen molar-refractivity contribution >= 4 is 16.8 Å². The molecule has 1 aromatic heterocycles. The first-order valence-corrected chi connectivity index (χ1v) is 9.53. The summed E-state index contributed by atoms with van der Waals surface area (Å²) in [6.45, 7) is 4.49. The summed E-state index contributed by atoms with van der Waals surface area (Å²) in [5, 5.41) is 1.00. The maximum atomic E-state index is 13.1. The summed E-state index contributed by atoms with van der Waals surface area (Å²) in [7, 11) is 0. The number of rotatable bonds is 5. The zero-order valence-corrected chi connectivity index (χ0v) is 14.9. The molecular formula is C21H24N2O3. The summed E-state index contributed by atoms with van der Waals surface area (Å²) in [5.74, 6) is 1.25. The molecule has 3 aliphatic rings. The van der Waals surface area contributed by atoms with Gasteiger partial charge in [-0.25, -0.2) is 0 Å². The van der Waals surface area contributed by atoms with E-state index in [1.807, 2.05) is 35.2 Å². The van der Waals surface area contributed by atoms with E-state index < -0.39 is 0 Å². The van der Waals surface area contributed by atoms with Gasteiger partial charge in [0.15, 0.2) is 0 Å². The average Bonchev–Trinajstić information content (AvgIpc) is 3.30. The second kappa shape index (κ2) is 6.32. The fourth-order valence-electron chi connectivity index (χ4n) is 4.30. The van der Waals surface area contributed by atoms with Crippen LogP contribution in [0.2, 0.25) is 0 Å². The van der Waals surface area contributed by atoms with Crippen LogP contribution in [0.5, 0.6) is 0 Å². The molecule has 5 rings (SSSR count). The largest absolute Gasteiger partial charge is 0.380 e. The van der Waals surface area contributed by atoms with Crippen LogP contribution in [0.4, 0.5) is 0 Å². The fourth-order valence-corrected chi connectivity index (χ4v) is 4.30. The van der Waals surface area contributed by atoms with E-state index in [0.29, 0.717) is 19.1 Å². The van der Waals surface area contributed by atoms with E-state index >= 15 is 0 Å². The van der Waals surface area contributed by atoms with Gasteiger partial charge in [0.2, 0.25) is 0 Å². The van der Waals surface area contributed by atoms with Crippen molar-refractivity contribution in [3.8, 4) is 0 Å². The lowest BCUT2D eigenvalue weighted by Crippen LogP contribution is -2.37. The highest BCUT2D eigenvalue weighted by molar-refractivity contribution is 5.98. The number of aromatic nitrogens is 1. The molecule has 3 fully saturated rings. The lowest BCUT2D eigenvalue weighted by molar-refractivity contribution is 0.0223. The van der Waals surface area contributed by atoms with Crippen LogP contribution in [0.25, 0.3) is 10.9 Å². The van der Waals surface area contributed by atoms with E-state index in [2.05, 4.69) is 4.98 Å². The summed E-state index contributed by atoms with van der Waals surface area (Å²) >= 11 is 0. The monoisotopic (exact) mass is 352 g/mol. The predicted molar refractivity (Wildman–Crippen MR) is 97.9 cm³/mol. The number of carbonyl (C=O) groups excluding carboxylic acids is 1. The van der Waals surface area contributed by atoms with E-state index in [9.17, 15) is 4.79 Å². The quantitative estimate of drug-likeness (QED) is 0.830. The molecule has 1 saturated carbocycles. The standard InChI is InChI=1S/C21H24N2O3/c24-20(17-5-6-19-16(8-17)2-1-7-22-19)23-9-18-11-26-14-21(18,12-23)13-25-10-15-3-4-15/h1-2,5-8,15,18H,3-4,9-14H2/t18-,21-/m1/s1. The van der Waals surface area contributed by atoms with Gasteiger partial charge in [-0.3, -0.25) is 9.78 Å². The van der Waals surface area contributed by atoms with E-state index in [1.165, 1.54) is 12.8 Å². The molecule has 136 valence electrons. The first-order valence-electron chi connectivity index (χ1n) is 9.53. The third-order valence-electron chi connectivity index (χ3n) is 6.10. The first kappa shape index (κ1) is 16.2. The number of carbonyl (C=O) groups is 1. The topological polar surface area (TPSA) is 51.7 Å². The normalized spacial score (nSPS) is 27.8. The maximum Gasteiger partial charge on any atom is 0.253 e. The Bertz CT molecular complexity index is 835. The Hall–Kier alpha value is -1.98. The van der Waals surface area contributed by atoms with Gasteiger partial charge in [0.1, 0.15) is 0 Å². The van der Waals surface area contributed by atoms with Crippen LogP contribution in [0.15, 0.2) is 36.5 Å². The van der Waals surface area contributed by atoms with Crippen LogP contribution in [0.1, 0.15) is 23.2 Å². The van der Waals surface area contributed by atoms with Crippen molar-refractivity contribution in [1.82, 2.24) is 9.88 Å². The Kier molecular flexibility index (Phi) is 3.94. The Morgan fingerprint density at radius 3 is 3.15 bits per heavy atom. The van der Waals surface area contributed by atoms with Gasteiger partial charge in [-0.05, 0) is 43.0 Å². The van der Waals surface area contributed by atoms with E-state index in [0.717, 1.165) is 48.7 Å². The lowest BCUT2D eigenvalue weighted by Gasteiger charge is -2.27. The molecule has 0 spiro atoms. The van der Waals surface area contributed by atoms with Crippen LogP contribution >= 0.6 is 0 Å². The highest BCUT2D eigenvalue weighted by Gasteiger charge is 2.52. The number of hydrogen-bond donors (Lipinski definition) is 0. The van der Waals surface area contributed by atoms with Gasteiger partial charge in [-0.2, -0.15) is 0 Å². The molecule has 1 aliphatic carbocycles. The second-order valence-corrected chi connectivity index (χ2v) is 8.13. The molecule has 2 atom stereocenters. The third kappa shape index (κ3) is 2.89. The molecule has 26 heavy (non-hydrogen) atoms. The van der Waals surface area contributed by atoms with Crippen molar-refractivity contribution in [2.24, 2.45) is 17.3 Å². The molecule has 0 radical (unpaired) electrons. The third-order valence-corrected chi connectivity index (χ3v) is 6.10. The minimum Gasteiger partial charge on any atom is -0.380 e. The van der Waals surface area contributed by atoms with Gasteiger partial charge in [0.25, 0.3) is 5.91 Å². The van der Waals surface area contributed by atoms with Crippen molar-refractivity contribution in [3.05, 3.63) is 42.1 Å². The second-order valence-electron chi connectivity index (χ2n) is 8.13. The summed E-state index contributed by atoms with van der Waals surface area (Å²) < 4.78 is 11.8. The maximum absolute atomic E-state index is 13.1. The van der Waals surface area contributed by atoms with Gasteiger partial charge in [0.05, 0.1) is 25.3 Å². The zero-order valence-electron chi connectivity index (χ0n) is 14.9. The number of benzene rings is 1. The van der Waals surface area contributed by atoms with Crippen molar-refractivity contribution in [2.45, 2.75) is 12.8 Å². The van der Waals surface area contributed by atoms with Gasteiger partial charge < -0.3 is 14.4 Å². The number of amides is 1. The zero-order chi connectivity index (χ0) is 17.6. The number of fused-ring (bicyclic) bond motifs is 2. The van der Waals surface area contributed by atoms with Gasteiger partial charge in [-0.15, -0.1) is 0 Å². The number of pyridine rings is 1. The smallest absolute Gasteiger partial charge is 0.253 e. The molecule has 2 aliphatic heterocycles. The van der Waals surface area contributed by atoms with Crippen molar-refractivity contribution in [3.63, 3.8) is 0 Å². The number of likely N-dealkylation sites (tertiary alicyclic amines) is 1. The molecule has 2 saturated heterocycles. The van der Waals surface area contributed by atoms with Crippen LogP contribution < -0.4 is 0 Å². The molecule has 2 aromatic rings. The molecule has 1 amide bonds. The molecular weight excluding hydrogens is 328 g/mol. The SMILES string of the molecule is O=C(c1ccc2ncccc2c1)N1C[C@@H]2COC[C@]2(COCC2CC2)C1. The van der Waals surface area contributed by atoms with Crippen LogP contribution in [-0.4, -0.2) is 55.3 Å². The Balaban J connectivity index is 1.32. The summed E-state index contributed by atoms with van der Waals surface area (Å²) in [4.78, 5) is 19.4. The molecule has 5 nitrogen and oxygen atoms in total. The number of nitrogens with zero attached hydrogens (tertiary/aromatic N) is 2. The molecule has 5 heteroatoms. The van der Waals surface area contributed by atoms with Gasteiger partial charge in [0, 0.05) is 48.2 Å². The van der Waals surface area contributed by atoms with Crippen molar-refractivity contribution in [1.29, 1.82) is 0 Å². The molecule has 0 bridgehead atoms. The van der Waals surface area contributed by atoms with Crippen molar-refractivity contribution in [2.75, 3.05) is 39.5 Å². The first-order chi connectivity index (χ1) is 12.7. The molecule has 3 heterocycles. The number of hydrogen-bond acceptors (Lipinski definition) is 4. The molecule has 1 aromatic carbocycles. The summed E-state index contributed by atoms with van der Waals surface area (Å²) in [6.07, 6.45) is 4.37. The number of ether oxygens (including phenoxy) is 2.